The Morgan fingerprint density at radius 1 is 1.16 bits per heavy atom. The third-order valence-electron chi connectivity index (χ3n) is 3.65. The number of hydrogen-bond donors (Lipinski definition) is 0. The maximum absolute atomic E-state index is 5.79. The Hall–Kier alpha value is -1.61. The molecule has 1 aliphatic rings. The summed E-state index contributed by atoms with van der Waals surface area (Å²) in [5, 5.41) is 1.24. The number of morpholine rings is 1. The Labute approximate surface area is 114 Å². The van der Waals surface area contributed by atoms with Crippen molar-refractivity contribution in [2.45, 2.75) is 33.0 Å². The Bertz CT molecular complexity index is 586. The second-order valence-electron chi connectivity index (χ2n) is 5.48. The molecular weight excluding hydrogens is 236 g/mol. The molecule has 1 saturated heterocycles. The molecule has 1 aromatic heterocycles. The van der Waals surface area contributed by atoms with Gasteiger partial charge in [0.25, 0.3) is 0 Å². The van der Waals surface area contributed by atoms with Crippen LogP contribution in [0.15, 0.2) is 30.3 Å². The lowest BCUT2D eigenvalue weighted by atomic mass is 10.1. The van der Waals surface area contributed by atoms with E-state index in [0.717, 1.165) is 24.4 Å². The molecule has 1 fully saturated rings. The van der Waals surface area contributed by atoms with Crippen LogP contribution in [-0.2, 0) is 4.74 Å². The molecule has 0 saturated carbocycles. The minimum Gasteiger partial charge on any atom is -0.372 e. The number of hydrogen-bond acceptors (Lipinski definition) is 3. The van der Waals surface area contributed by atoms with Gasteiger partial charge < -0.3 is 9.64 Å². The van der Waals surface area contributed by atoms with E-state index >= 15 is 0 Å². The van der Waals surface area contributed by atoms with Crippen molar-refractivity contribution < 1.29 is 4.74 Å². The van der Waals surface area contributed by atoms with Crippen molar-refractivity contribution in [2.24, 2.45) is 0 Å². The number of aryl methyl sites for hydroxylation is 1. The highest BCUT2D eigenvalue weighted by atomic mass is 16.5. The van der Waals surface area contributed by atoms with Crippen LogP contribution in [0, 0.1) is 6.92 Å². The molecule has 1 aromatic carbocycles. The number of ether oxygens (including phenoxy) is 1. The van der Waals surface area contributed by atoms with Gasteiger partial charge in [-0.25, -0.2) is 4.98 Å². The monoisotopic (exact) mass is 256 g/mol. The predicted molar refractivity (Wildman–Crippen MR) is 78.7 cm³/mol. The average Bonchev–Trinajstić information content (AvgIpc) is 2.37. The van der Waals surface area contributed by atoms with Crippen molar-refractivity contribution in [1.29, 1.82) is 0 Å². The van der Waals surface area contributed by atoms with Gasteiger partial charge in [-0.15, -0.1) is 0 Å². The van der Waals surface area contributed by atoms with Crippen molar-refractivity contribution in [2.75, 3.05) is 18.0 Å². The highest BCUT2D eigenvalue weighted by Gasteiger charge is 2.23. The Balaban J connectivity index is 2.00. The second-order valence-corrected chi connectivity index (χ2v) is 5.48. The van der Waals surface area contributed by atoms with E-state index in [-0.39, 0.29) is 12.2 Å². The van der Waals surface area contributed by atoms with Gasteiger partial charge in [0.1, 0.15) is 5.82 Å². The number of pyridine rings is 1. The molecule has 2 atom stereocenters. The SMILES string of the molecule is Cc1cc(N2C[C@H](C)O[C@@H](C)C2)nc2ccccc12. The van der Waals surface area contributed by atoms with Gasteiger partial charge in [0.15, 0.2) is 0 Å². The molecule has 3 heteroatoms. The summed E-state index contributed by atoms with van der Waals surface area (Å²) in [7, 11) is 0. The highest BCUT2D eigenvalue weighted by molar-refractivity contribution is 5.83. The standard InChI is InChI=1S/C16H20N2O/c1-11-8-16(17-15-7-5-4-6-14(11)15)18-9-12(2)19-13(3)10-18/h4-8,12-13H,9-10H2,1-3H3/t12-,13-/m0/s1. The first-order chi connectivity index (χ1) is 9.13. The lowest BCUT2D eigenvalue weighted by Gasteiger charge is -2.36. The Morgan fingerprint density at radius 2 is 1.84 bits per heavy atom. The minimum atomic E-state index is 0.261. The number of fused-ring (bicyclic) bond motifs is 1. The molecular formula is C16H20N2O. The molecule has 3 rings (SSSR count). The normalized spacial score (nSPS) is 23.8. The summed E-state index contributed by atoms with van der Waals surface area (Å²) in [5.41, 5.74) is 2.36. The van der Waals surface area contributed by atoms with Crippen LogP contribution in [-0.4, -0.2) is 30.3 Å². The van der Waals surface area contributed by atoms with Crippen LogP contribution in [0.1, 0.15) is 19.4 Å². The summed E-state index contributed by atoms with van der Waals surface area (Å²) >= 11 is 0. The third-order valence-corrected chi connectivity index (χ3v) is 3.65. The van der Waals surface area contributed by atoms with Crippen LogP contribution in [0.25, 0.3) is 10.9 Å². The number of rotatable bonds is 1. The number of anilines is 1. The van der Waals surface area contributed by atoms with E-state index in [4.69, 9.17) is 9.72 Å². The van der Waals surface area contributed by atoms with Crippen LogP contribution in [0.3, 0.4) is 0 Å². The molecule has 0 spiro atoms. The summed E-state index contributed by atoms with van der Waals surface area (Å²) in [6.45, 7) is 8.22. The number of benzene rings is 1. The van der Waals surface area contributed by atoms with Crippen LogP contribution in [0.4, 0.5) is 5.82 Å². The fraction of sp³-hybridized carbons (Fsp3) is 0.438. The van der Waals surface area contributed by atoms with Crippen molar-refractivity contribution in [3.8, 4) is 0 Å². The van der Waals surface area contributed by atoms with Gasteiger partial charge in [-0.1, -0.05) is 18.2 Å². The molecule has 0 amide bonds. The summed E-state index contributed by atoms with van der Waals surface area (Å²) in [6, 6.07) is 10.5. The zero-order valence-electron chi connectivity index (χ0n) is 11.8. The molecule has 0 unspecified atom stereocenters. The average molecular weight is 256 g/mol. The van der Waals surface area contributed by atoms with Gasteiger partial charge in [-0.05, 0) is 38.5 Å². The van der Waals surface area contributed by atoms with Gasteiger partial charge in [-0.2, -0.15) is 0 Å². The maximum atomic E-state index is 5.79. The molecule has 0 N–H and O–H groups in total. The van der Waals surface area contributed by atoms with Crippen molar-refractivity contribution in [1.82, 2.24) is 4.98 Å². The third kappa shape index (κ3) is 2.43. The van der Waals surface area contributed by atoms with Crippen LogP contribution < -0.4 is 4.90 Å². The Kier molecular flexibility index (Phi) is 3.15. The molecule has 1 aliphatic heterocycles. The first-order valence-corrected chi connectivity index (χ1v) is 6.90. The minimum absolute atomic E-state index is 0.261. The molecule has 19 heavy (non-hydrogen) atoms. The van der Waals surface area contributed by atoms with Crippen molar-refractivity contribution in [3.05, 3.63) is 35.9 Å². The van der Waals surface area contributed by atoms with E-state index in [1.54, 1.807) is 0 Å². The quantitative estimate of drug-likeness (QED) is 0.783. The van der Waals surface area contributed by atoms with Gasteiger partial charge in [0.2, 0.25) is 0 Å². The molecule has 0 aliphatic carbocycles. The highest BCUT2D eigenvalue weighted by Crippen LogP contribution is 2.24. The van der Waals surface area contributed by atoms with E-state index in [9.17, 15) is 0 Å². The zero-order valence-corrected chi connectivity index (χ0v) is 11.8. The van der Waals surface area contributed by atoms with Gasteiger partial charge in [0.05, 0.1) is 17.7 Å². The van der Waals surface area contributed by atoms with Crippen LogP contribution >= 0.6 is 0 Å². The van der Waals surface area contributed by atoms with E-state index < -0.39 is 0 Å². The molecule has 0 bridgehead atoms. The topological polar surface area (TPSA) is 25.4 Å². The molecule has 100 valence electrons. The number of para-hydroxylation sites is 1. The number of aromatic nitrogens is 1. The second kappa shape index (κ2) is 4.82. The first-order valence-electron chi connectivity index (χ1n) is 6.90. The van der Waals surface area contributed by atoms with Gasteiger partial charge >= 0.3 is 0 Å². The molecule has 0 radical (unpaired) electrons. The van der Waals surface area contributed by atoms with Crippen LogP contribution in [0.5, 0.6) is 0 Å². The summed E-state index contributed by atoms with van der Waals surface area (Å²) < 4.78 is 5.79. The lowest BCUT2D eigenvalue weighted by Crippen LogP contribution is -2.45. The summed E-state index contributed by atoms with van der Waals surface area (Å²) in [5.74, 6) is 1.07. The molecule has 2 aromatic rings. The first kappa shape index (κ1) is 12.4. The lowest BCUT2D eigenvalue weighted by molar-refractivity contribution is -0.00544. The van der Waals surface area contributed by atoms with Crippen LogP contribution in [0.2, 0.25) is 0 Å². The fourth-order valence-corrected chi connectivity index (χ4v) is 2.86. The van der Waals surface area contributed by atoms with Gasteiger partial charge in [0, 0.05) is 18.5 Å². The summed E-state index contributed by atoms with van der Waals surface area (Å²) in [6.07, 6.45) is 0.523. The fourth-order valence-electron chi connectivity index (χ4n) is 2.86. The predicted octanol–water partition coefficient (Wildman–Crippen LogP) is 3.16. The maximum Gasteiger partial charge on any atom is 0.129 e. The molecule has 3 nitrogen and oxygen atoms in total. The van der Waals surface area contributed by atoms with Crippen molar-refractivity contribution >= 4 is 16.7 Å². The zero-order chi connectivity index (χ0) is 13.4. The summed E-state index contributed by atoms with van der Waals surface area (Å²) in [4.78, 5) is 7.13. The largest absolute Gasteiger partial charge is 0.372 e. The van der Waals surface area contributed by atoms with Gasteiger partial charge in [-0.3, -0.25) is 0 Å². The van der Waals surface area contributed by atoms with E-state index in [2.05, 4.69) is 49.9 Å². The van der Waals surface area contributed by atoms with E-state index in [1.807, 2.05) is 6.07 Å². The van der Waals surface area contributed by atoms with E-state index in [1.165, 1.54) is 10.9 Å². The molecule has 2 heterocycles. The Morgan fingerprint density at radius 3 is 2.58 bits per heavy atom. The van der Waals surface area contributed by atoms with Crippen molar-refractivity contribution in [3.63, 3.8) is 0 Å². The smallest absolute Gasteiger partial charge is 0.129 e. The number of nitrogens with zero attached hydrogens (tertiary/aromatic N) is 2. The van der Waals surface area contributed by atoms with E-state index in [0.29, 0.717) is 0 Å².